The van der Waals surface area contributed by atoms with Gasteiger partial charge in [-0.25, -0.2) is 17.8 Å². The molecular formula is C26H23FN2O6S. The maximum Gasteiger partial charge on any atom is 0.193 e. The Balaban J connectivity index is 1.23. The number of hydrogen-bond acceptors (Lipinski definition) is 7. The van der Waals surface area contributed by atoms with Crippen LogP contribution in [0.4, 0.5) is 4.39 Å². The fraction of sp³-hybridized carbons (Fsp3) is 0.269. The summed E-state index contributed by atoms with van der Waals surface area (Å²) in [7, 11) is -3.26. The number of aromatic amines is 1. The summed E-state index contributed by atoms with van der Waals surface area (Å²) in [5.41, 5.74) is 3.57. The molecule has 2 fully saturated rings. The smallest absolute Gasteiger partial charge is 0.193 e. The molecule has 186 valence electrons. The highest BCUT2D eigenvalue weighted by Gasteiger charge is 2.48. The number of aromatic nitrogens is 2. The number of hydrogen-bond donors (Lipinski definition) is 2. The second kappa shape index (κ2) is 8.67. The molecule has 1 unspecified atom stereocenters. The zero-order chi connectivity index (χ0) is 25.0. The van der Waals surface area contributed by atoms with E-state index in [1.807, 2.05) is 12.1 Å². The van der Waals surface area contributed by atoms with Crippen molar-refractivity contribution in [3.05, 3.63) is 66.5 Å². The molecule has 0 radical (unpaired) electrons. The van der Waals surface area contributed by atoms with Crippen molar-refractivity contribution in [1.29, 1.82) is 0 Å². The van der Waals surface area contributed by atoms with Crippen LogP contribution in [-0.4, -0.2) is 67.4 Å². The monoisotopic (exact) mass is 510 g/mol. The summed E-state index contributed by atoms with van der Waals surface area (Å²) in [6, 6.07) is 16.9. The number of benzene rings is 2. The molecule has 0 spiro atoms. The van der Waals surface area contributed by atoms with Crippen LogP contribution in [0.3, 0.4) is 0 Å². The minimum Gasteiger partial charge on any atom is -0.470 e. The SMILES string of the molecule is CS(=O)(=O)c1ccc(-c2ccc(-c3nc4cc(O[C@@H]5COC6[C@H](O)CO[C@@H]65)[nH]c4cc3F)cc2)cc1. The first-order valence-electron chi connectivity index (χ1n) is 11.4. The number of nitrogens with one attached hydrogen (secondary N) is 1. The van der Waals surface area contributed by atoms with Gasteiger partial charge in [-0.1, -0.05) is 36.4 Å². The lowest BCUT2D eigenvalue weighted by Gasteiger charge is -2.16. The third-order valence-corrected chi connectivity index (χ3v) is 7.69. The van der Waals surface area contributed by atoms with Gasteiger partial charge in [0.05, 0.1) is 29.1 Å². The van der Waals surface area contributed by atoms with Crippen molar-refractivity contribution in [1.82, 2.24) is 9.97 Å². The Morgan fingerprint density at radius 2 is 1.61 bits per heavy atom. The number of sulfone groups is 1. The minimum atomic E-state index is -3.26. The van der Waals surface area contributed by atoms with Gasteiger partial charge in [0, 0.05) is 24.0 Å². The average Bonchev–Trinajstić information content (AvgIpc) is 3.55. The van der Waals surface area contributed by atoms with Crippen LogP contribution in [0.25, 0.3) is 33.4 Å². The van der Waals surface area contributed by atoms with E-state index in [-0.39, 0.29) is 36.0 Å². The molecule has 2 aromatic heterocycles. The van der Waals surface area contributed by atoms with E-state index in [9.17, 15) is 17.9 Å². The fourth-order valence-electron chi connectivity index (χ4n) is 4.70. The summed E-state index contributed by atoms with van der Waals surface area (Å²) >= 11 is 0. The Hall–Kier alpha value is -3.31. The van der Waals surface area contributed by atoms with Gasteiger partial charge >= 0.3 is 0 Å². The third kappa shape index (κ3) is 4.16. The molecule has 8 nitrogen and oxygen atoms in total. The largest absolute Gasteiger partial charge is 0.470 e. The van der Waals surface area contributed by atoms with Crippen LogP contribution in [-0.2, 0) is 19.3 Å². The topological polar surface area (TPSA) is 111 Å². The van der Waals surface area contributed by atoms with Crippen molar-refractivity contribution < 1.29 is 32.1 Å². The maximum absolute atomic E-state index is 15.0. The molecule has 6 rings (SSSR count). The Morgan fingerprint density at radius 1 is 0.972 bits per heavy atom. The number of halogens is 1. The van der Waals surface area contributed by atoms with Crippen molar-refractivity contribution >= 4 is 20.9 Å². The number of fused-ring (bicyclic) bond motifs is 2. The van der Waals surface area contributed by atoms with Crippen molar-refractivity contribution in [2.24, 2.45) is 0 Å². The number of rotatable bonds is 5. The number of aliphatic hydroxyl groups is 1. The van der Waals surface area contributed by atoms with Gasteiger partial charge in [-0.2, -0.15) is 0 Å². The lowest BCUT2D eigenvalue weighted by Crippen LogP contribution is -2.34. The minimum absolute atomic E-state index is 0.207. The van der Waals surface area contributed by atoms with E-state index in [1.165, 1.54) is 12.3 Å². The van der Waals surface area contributed by atoms with E-state index >= 15 is 0 Å². The van der Waals surface area contributed by atoms with E-state index in [2.05, 4.69) is 9.97 Å². The molecule has 2 aliphatic heterocycles. The number of H-pyrrole nitrogens is 1. The van der Waals surface area contributed by atoms with Crippen LogP contribution < -0.4 is 4.74 Å². The highest BCUT2D eigenvalue weighted by atomic mass is 32.2. The number of aliphatic hydroxyl groups excluding tert-OH is 1. The Kier molecular flexibility index (Phi) is 5.56. The maximum atomic E-state index is 15.0. The van der Waals surface area contributed by atoms with E-state index in [0.717, 1.165) is 11.1 Å². The van der Waals surface area contributed by atoms with Gasteiger partial charge in [-0.3, -0.25) is 0 Å². The molecule has 2 aromatic carbocycles. The Morgan fingerprint density at radius 3 is 2.31 bits per heavy atom. The summed E-state index contributed by atoms with van der Waals surface area (Å²) in [6.07, 6.45) is -0.635. The molecule has 0 saturated carbocycles. The van der Waals surface area contributed by atoms with E-state index in [4.69, 9.17) is 14.2 Å². The molecule has 0 amide bonds. The molecule has 0 aliphatic carbocycles. The van der Waals surface area contributed by atoms with Crippen molar-refractivity contribution in [3.8, 4) is 28.3 Å². The van der Waals surface area contributed by atoms with E-state index in [0.29, 0.717) is 22.5 Å². The van der Waals surface area contributed by atoms with Crippen LogP contribution in [0, 0.1) is 5.82 Å². The zero-order valence-electron chi connectivity index (χ0n) is 19.2. The molecule has 2 aliphatic rings. The molecule has 2 saturated heterocycles. The van der Waals surface area contributed by atoms with Crippen LogP contribution >= 0.6 is 0 Å². The second-order valence-electron chi connectivity index (χ2n) is 9.08. The number of pyridine rings is 1. The normalized spacial score (nSPS) is 23.8. The van der Waals surface area contributed by atoms with Gasteiger partial charge in [0.25, 0.3) is 0 Å². The first-order chi connectivity index (χ1) is 17.3. The van der Waals surface area contributed by atoms with Gasteiger partial charge in [-0.15, -0.1) is 0 Å². The molecular weight excluding hydrogens is 487 g/mol. The lowest BCUT2D eigenvalue weighted by molar-refractivity contribution is 0.00794. The van der Waals surface area contributed by atoms with Gasteiger partial charge in [-0.05, 0) is 23.3 Å². The lowest BCUT2D eigenvalue weighted by atomic mass is 10.0. The molecule has 4 heterocycles. The van der Waals surface area contributed by atoms with Gasteiger partial charge in [0.2, 0.25) is 0 Å². The first-order valence-corrected chi connectivity index (χ1v) is 13.3. The quantitative estimate of drug-likeness (QED) is 0.424. The number of ether oxygens (including phenoxy) is 3. The standard InChI is InChI=1S/C26H23FN2O6S/c1-36(31,32)17-8-6-15(7-9-17)14-2-4-16(5-3-14)24-18(27)10-19-20(29-24)11-23(28-19)35-22-13-34-25-21(30)12-33-26(22)25/h2-11,21-22,25-26,28,30H,12-13H2,1H3/t21-,22-,25?,26-/m1/s1. The summed E-state index contributed by atoms with van der Waals surface area (Å²) in [4.78, 5) is 7.80. The highest BCUT2D eigenvalue weighted by Crippen LogP contribution is 2.32. The van der Waals surface area contributed by atoms with Crippen molar-refractivity contribution in [2.75, 3.05) is 19.5 Å². The Bertz CT molecular complexity index is 1540. The fourth-order valence-corrected chi connectivity index (χ4v) is 5.33. The van der Waals surface area contributed by atoms with E-state index in [1.54, 1.807) is 42.5 Å². The molecule has 4 aromatic rings. The van der Waals surface area contributed by atoms with Gasteiger partial charge < -0.3 is 24.3 Å². The molecule has 10 heteroatoms. The molecule has 36 heavy (non-hydrogen) atoms. The van der Waals surface area contributed by atoms with E-state index < -0.39 is 27.9 Å². The van der Waals surface area contributed by atoms with Crippen LogP contribution in [0.5, 0.6) is 5.88 Å². The Labute approximate surface area is 206 Å². The van der Waals surface area contributed by atoms with Crippen LogP contribution in [0.2, 0.25) is 0 Å². The van der Waals surface area contributed by atoms with Gasteiger partial charge in [0.1, 0.15) is 24.0 Å². The summed E-state index contributed by atoms with van der Waals surface area (Å²) in [6.45, 7) is 0.501. The molecule has 0 bridgehead atoms. The predicted octanol–water partition coefficient (Wildman–Crippen LogP) is 3.35. The zero-order valence-corrected chi connectivity index (χ0v) is 20.0. The average molecular weight is 511 g/mol. The number of nitrogens with zero attached hydrogens (tertiary/aromatic N) is 1. The van der Waals surface area contributed by atoms with Crippen molar-refractivity contribution in [3.63, 3.8) is 0 Å². The summed E-state index contributed by atoms with van der Waals surface area (Å²) < 4.78 is 55.5. The van der Waals surface area contributed by atoms with Crippen LogP contribution in [0.1, 0.15) is 0 Å². The van der Waals surface area contributed by atoms with Crippen LogP contribution in [0.15, 0.2) is 65.6 Å². The molecule has 2 N–H and O–H groups in total. The van der Waals surface area contributed by atoms with Gasteiger partial charge in [0.15, 0.2) is 27.6 Å². The van der Waals surface area contributed by atoms with Crippen molar-refractivity contribution in [2.45, 2.75) is 29.3 Å². The summed E-state index contributed by atoms with van der Waals surface area (Å²) in [5.74, 6) is -0.0613. The first kappa shape index (κ1) is 23.1. The summed E-state index contributed by atoms with van der Waals surface area (Å²) in [5, 5.41) is 9.90. The predicted molar refractivity (Wildman–Crippen MR) is 130 cm³/mol. The molecule has 4 atom stereocenters. The third-order valence-electron chi connectivity index (χ3n) is 6.57. The highest BCUT2D eigenvalue weighted by molar-refractivity contribution is 7.90. The second-order valence-corrected chi connectivity index (χ2v) is 11.1.